The molecular weight excluding hydrogens is 502 g/mol. The molecule has 0 aliphatic carbocycles. The van der Waals surface area contributed by atoms with E-state index in [1.165, 1.54) is 6.21 Å². The number of methoxy groups -OCH3 is 1. The predicted molar refractivity (Wildman–Crippen MR) is 133 cm³/mol. The first-order valence-electron chi connectivity index (χ1n) is 10.3. The number of rotatable bonds is 8. The number of anilines is 1. The Morgan fingerprint density at radius 2 is 1.65 bits per heavy atom. The van der Waals surface area contributed by atoms with E-state index in [0.29, 0.717) is 34.5 Å². The topological polar surface area (TPSA) is 106 Å². The van der Waals surface area contributed by atoms with Gasteiger partial charge < -0.3 is 14.8 Å². The van der Waals surface area contributed by atoms with Crippen LogP contribution in [-0.2, 0) is 4.79 Å². The SMILES string of the molecule is CCC(=O)Nc1ccc(C(=O)N/N=C\c2cc(Br)ccc2OC(=O)c2ccc(OC)cc2)cc1. The lowest BCUT2D eigenvalue weighted by Crippen LogP contribution is -2.18. The molecule has 8 nitrogen and oxygen atoms in total. The molecule has 0 atom stereocenters. The summed E-state index contributed by atoms with van der Waals surface area (Å²) in [6.45, 7) is 1.76. The maximum absolute atomic E-state index is 12.5. The van der Waals surface area contributed by atoms with Crippen LogP contribution in [0.1, 0.15) is 39.6 Å². The zero-order chi connectivity index (χ0) is 24.5. The molecule has 0 radical (unpaired) electrons. The number of hydrogen-bond donors (Lipinski definition) is 2. The van der Waals surface area contributed by atoms with E-state index in [1.807, 2.05) is 0 Å². The summed E-state index contributed by atoms with van der Waals surface area (Å²) in [7, 11) is 1.54. The van der Waals surface area contributed by atoms with Crippen LogP contribution in [0.3, 0.4) is 0 Å². The molecule has 0 saturated carbocycles. The third-order valence-corrected chi connectivity index (χ3v) is 5.12. The van der Waals surface area contributed by atoms with Crippen molar-refractivity contribution in [3.05, 3.63) is 87.9 Å². The van der Waals surface area contributed by atoms with Gasteiger partial charge in [0.05, 0.1) is 18.9 Å². The smallest absolute Gasteiger partial charge is 0.343 e. The van der Waals surface area contributed by atoms with Crippen LogP contribution in [-0.4, -0.2) is 31.1 Å². The second-order valence-electron chi connectivity index (χ2n) is 6.98. The highest BCUT2D eigenvalue weighted by Gasteiger charge is 2.12. The van der Waals surface area contributed by atoms with Crippen LogP contribution in [0.2, 0.25) is 0 Å². The number of benzene rings is 3. The minimum atomic E-state index is -0.543. The fourth-order valence-electron chi connectivity index (χ4n) is 2.78. The number of carbonyl (C=O) groups is 3. The molecule has 0 saturated heterocycles. The number of hydrogen-bond acceptors (Lipinski definition) is 6. The molecule has 3 rings (SSSR count). The second-order valence-corrected chi connectivity index (χ2v) is 7.89. The van der Waals surface area contributed by atoms with Gasteiger partial charge in [0.25, 0.3) is 5.91 Å². The van der Waals surface area contributed by atoms with Gasteiger partial charge in [-0.25, -0.2) is 10.2 Å². The summed E-state index contributed by atoms with van der Waals surface area (Å²) >= 11 is 3.38. The first-order chi connectivity index (χ1) is 16.4. The molecule has 34 heavy (non-hydrogen) atoms. The Balaban J connectivity index is 1.67. The Bertz CT molecular complexity index is 1210. The Labute approximate surface area is 205 Å². The molecule has 2 N–H and O–H groups in total. The third kappa shape index (κ3) is 6.76. The van der Waals surface area contributed by atoms with Crippen molar-refractivity contribution in [2.75, 3.05) is 12.4 Å². The van der Waals surface area contributed by atoms with E-state index in [4.69, 9.17) is 9.47 Å². The predicted octanol–water partition coefficient (Wildman–Crippen LogP) is 4.79. The van der Waals surface area contributed by atoms with Crippen molar-refractivity contribution in [1.29, 1.82) is 0 Å². The first kappa shape index (κ1) is 24.7. The van der Waals surface area contributed by atoms with Crippen molar-refractivity contribution >= 4 is 45.6 Å². The van der Waals surface area contributed by atoms with Gasteiger partial charge in [-0.1, -0.05) is 22.9 Å². The summed E-state index contributed by atoms with van der Waals surface area (Å²) in [5.74, 6) is -0.184. The number of halogens is 1. The maximum Gasteiger partial charge on any atom is 0.343 e. The number of esters is 1. The normalized spacial score (nSPS) is 10.6. The summed E-state index contributed by atoms with van der Waals surface area (Å²) in [6.07, 6.45) is 1.75. The lowest BCUT2D eigenvalue weighted by Gasteiger charge is -2.09. The van der Waals surface area contributed by atoms with Gasteiger partial charge in [0.15, 0.2) is 0 Å². The largest absolute Gasteiger partial charge is 0.497 e. The van der Waals surface area contributed by atoms with Gasteiger partial charge in [0, 0.05) is 27.7 Å². The fraction of sp³-hybridized carbons (Fsp3) is 0.120. The summed E-state index contributed by atoms with van der Waals surface area (Å²) in [5, 5.41) is 6.70. The van der Waals surface area contributed by atoms with E-state index in [-0.39, 0.29) is 11.7 Å². The maximum atomic E-state index is 12.5. The lowest BCUT2D eigenvalue weighted by molar-refractivity contribution is -0.115. The molecule has 0 heterocycles. The lowest BCUT2D eigenvalue weighted by atomic mass is 10.2. The molecule has 174 valence electrons. The summed E-state index contributed by atoms with van der Waals surface area (Å²) in [6, 6.07) is 18.0. The van der Waals surface area contributed by atoms with Crippen LogP contribution in [0.15, 0.2) is 76.3 Å². The molecule has 0 aromatic heterocycles. The van der Waals surface area contributed by atoms with Crippen LogP contribution in [0, 0.1) is 0 Å². The van der Waals surface area contributed by atoms with Crippen LogP contribution < -0.4 is 20.2 Å². The average molecular weight is 524 g/mol. The standard InChI is InChI=1S/C25H22BrN3O5/c1-3-23(30)28-20-9-4-16(5-10-20)24(31)29-27-15-18-14-19(26)8-13-22(18)34-25(32)17-6-11-21(33-2)12-7-17/h4-15H,3H2,1-2H3,(H,28,30)(H,29,31)/b27-15-. The van der Waals surface area contributed by atoms with Gasteiger partial charge in [-0.3, -0.25) is 9.59 Å². The van der Waals surface area contributed by atoms with Gasteiger partial charge in [-0.15, -0.1) is 0 Å². The van der Waals surface area contributed by atoms with E-state index < -0.39 is 11.9 Å². The molecule has 0 fully saturated rings. The minimum absolute atomic E-state index is 0.112. The van der Waals surface area contributed by atoms with Gasteiger partial charge in [0.2, 0.25) is 5.91 Å². The highest BCUT2D eigenvalue weighted by atomic mass is 79.9. The molecule has 0 unspecified atom stereocenters. The van der Waals surface area contributed by atoms with Crippen molar-refractivity contribution in [2.24, 2.45) is 5.10 Å². The van der Waals surface area contributed by atoms with E-state index in [0.717, 1.165) is 4.47 Å². The number of nitrogens with zero attached hydrogens (tertiary/aromatic N) is 1. The van der Waals surface area contributed by atoms with Gasteiger partial charge in [0.1, 0.15) is 11.5 Å². The molecule has 3 aromatic rings. The molecule has 3 aromatic carbocycles. The summed E-state index contributed by atoms with van der Waals surface area (Å²) in [4.78, 5) is 36.3. The van der Waals surface area contributed by atoms with Crippen molar-refractivity contribution in [3.8, 4) is 11.5 Å². The van der Waals surface area contributed by atoms with E-state index in [2.05, 4.69) is 31.8 Å². The van der Waals surface area contributed by atoms with Crippen LogP contribution >= 0.6 is 15.9 Å². The van der Waals surface area contributed by atoms with Crippen molar-refractivity contribution in [3.63, 3.8) is 0 Å². The average Bonchev–Trinajstić information content (AvgIpc) is 2.85. The molecule has 0 bridgehead atoms. The van der Waals surface area contributed by atoms with Crippen molar-refractivity contribution in [2.45, 2.75) is 13.3 Å². The quantitative estimate of drug-likeness (QED) is 0.191. The van der Waals surface area contributed by atoms with Gasteiger partial charge in [-0.2, -0.15) is 5.10 Å². The molecule has 0 aliphatic rings. The Kier molecular flexibility index (Phi) is 8.53. The number of ether oxygens (including phenoxy) is 2. The number of nitrogens with one attached hydrogen (secondary N) is 2. The second kappa shape index (κ2) is 11.8. The molecule has 2 amide bonds. The Morgan fingerprint density at radius 3 is 2.29 bits per heavy atom. The van der Waals surface area contributed by atoms with Crippen LogP contribution in [0.4, 0.5) is 5.69 Å². The fourth-order valence-corrected chi connectivity index (χ4v) is 3.16. The number of hydrazone groups is 1. The minimum Gasteiger partial charge on any atom is -0.497 e. The van der Waals surface area contributed by atoms with Crippen molar-refractivity contribution in [1.82, 2.24) is 5.43 Å². The van der Waals surface area contributed by atoms with E-state index in [9.17, 15) is 14.4 Å². The monoisotopic (exact) mass is 523 g/mol. The van der Waals surface area contributed by atoms with E-state index >= 15 is 0 Å². The first-order valence-corrected chi connectivity index (χ1v) is 11.1. The van der Waals surface area contributed by atoms with Crippen LogP contribution in [0.5, 0.6) is 11.5 Å². The number of amides is 2. The molecular formula is C25H22BrN3O5. The van der Waals surface area contributed by atoms with E-state index in [1.54, 1.807) is 80.8 Å². The number of carbonyl (C=O) groups excluding carboxylic acids is 3. The summed E-state index contributed by atoms with van der Waals surface area (Å²) in [5.41, 5.74) is 4.25. The Hall–Kier alpha value is -3.98. The molecule has 0 aliphatic heterocycles. The third-order valence-electron chi connectivity index (χ3n) is 4.62. The van der Waals surface area contributed by atoms with Gasteiger partial charge >= 0.3 is 5.97 Å². The highest BCUT2D eigenvalue weighted by Crippen LogP contribution is 2.23. The van der Waals surface area contributed by atoms with Crippen molar-refractivity contribution < 1.29 is 23.9 Å². The summed E-state index contributed by atoms with van der Waals surface area (Å²) < 4.78 is 11.4. The van der Waals surface area contributed by atoms with Gasteiger partial charge in [-0.05, 0) is 66.7 Å². The zero-order valence-electron chi connectivity index (χ0n) is 18.5. The molecule has 0 spiro atoms. The Morgan fingerprint density at radius 1 is 0.971 bits per heavy atom. The molecule has 9 heteroatoms. The highest BCUT2D eigenvalue weighted by molar-refractivity contribution is 9.10. The zero-order valence-corrected chi connectivity index (χ0v) is 20.1. The van der Waals surface area contributed by atoms with Crippen LogP contribution in [0.25, 0.3) is 0 Å².